The maximum Gasteiger partial charge on any atom is 0.319 e. The SMILES string of the molecule is COc1ccc2c(c1)c(CNC(=O)Nc1ccc(C)cc1)cn2CC(=O)N1CCOCC1. The summed E-state index contributed by atoms with van der Waals surface area (Å²) in [6, 6.07) is 13.1. The first-order valence-corrected chi connectivity index (χ1v) is 10.7. The van der Waals surface area contributed by atoms with Crippen LogP contribution in [0.25, 0.3) is 10.9 Å². The summed E-state index contributed by atoms with van der Waals surface area (Å²) in [4.78, 5) is 27.0. The highest BCUT2D eigenvalue weighted by atomic mass is 16.5. The van der Waals surface area contributed by atoms with Gasteiger partial charge in [0.1, 0.15) is 12.3 Å². The summed E-state index contributed by atoms with van der Waals surface area (Å²) in [6.45, 7) is 4.91. The Morgan fingerprint density at radius 2 is 1.84 bits per heavy atom. The quantitative estimate of drug-likeness (QED) is 0.622. The number of rotatable bonds is 6. The third kappa shape index (κ3) is 5.03. The summed E-state index contributed by atoms with van der Waals surface area (Å²) in [5, 5.41) is 6.68. The molecule has 2 aromatic carbocycles. The van der Waals surface area contributed by atoms with Gasteiger partial charge in [-0.05, 0) is 42.8 Å². The van der Waals surface area contributed by atoms with Gasteiger partial charge in [0.25, 0.3) is 0 Å². The van der Waals surface area contributed by atoms with Gasteiger partial charge in [-0.25, -0.2) is 4.79 Å². The molecule has 1 aromatic heterocycles. The minimum absolute atomic E-state index is 0.0534. The maximum absolute atomic E-state index is 12.8. The van der Waals surface area contributed by atoms with E-state index in [0.29, 0.717) is 32.8 Å². The Morgan fingerprint density at radius 1 is 1.09 bits per heavy atom. The standard InChI is InChI=1S/C24H28N4O4/c1-17-3-5-19(6-4-17)26-24(30)25-14-18-15-28(16-23(29)27-9-11-32-12-10-27)22-8-7-20(31-2)13-21(18)22/h3-8,13,15H,9-12,14,16H2,1-2H3,(H2,25,26,30). The smallest absolute Gasteiger partial charge is 0.319 e. The van der Waals surface area contributed by atoms with Crippen LogP contribution in [0, 0.1) is 6.92 Å². The highest BCUT2D eigenvalue weighted by Crippen LogP contribution is 2.26. The van der Waals surface area contributed by atoms with E-state index in [1.165, 1.54) is 0 Å². The number of nitrogens with one attached hydrogen (secondary N) is 2. The van der Waals surface area contributed by atoms with Gasteiger partial charge in [0.15, 0.2) is 0 Å². The van der Waals surface area contributed by atoms with E-state index in [0.717, 1.165) is 33.5 Å². The van der Waals surface area contributed by atoms with Crippen LogP contribution >= 0.6 is 0 Å². The molecule has 1 aliphatic rings. The van der Waals surface area contributed by atoms with Crippen LogP contribution in [-0.2, 0) is 22.6 Å². The molecule has 3 amide bonds. The topological polar surface area (TPSA) is 84.8 Å². The molecule has 32 heavy (non-hydrogen) atoms. The van der Waals surface area contributed by atoms with Crippen LogP contribution < -0.4 is 15.4 Å². The Kier molecular flexibility index (Phi) is 6.61. The summed E-state index contributed by atoms with van der Waals surface area (Å²) in [5.74, 6) is 0.776. The van der Waals surface area contributed by atoms with E-state index in [-0.39, 0.29) is 18.5 Å². The van der Waals surface area contributed by atoms with Crippen molar-refractivity contribution in [2.75, 3.05) is 38.7 Å². The van der Waals surface area contributed by atoms with Gasteiger partial charge in [0, 0.05) is 42.4 Å². The number of hydrogen-bond acceptors (Lipinski definition) is 4. The summed E-state index contributed by atoms with van der Waals surface area (Å²) >= 11 is 0. The lowest BCUT2D eigenvalue weighted by molar-refractivity contribution is -0.135. The zero-order valence-electron chi connectivity index (χ0n) is 18.4. The van der Waals surface area contributed by atoms with E-state index in [2.05, 4.69) is 10.6 Å². The Balaban J connectivity index is 1.50. The van der Waals surface area contributed by atoms with Crippen molar-refractivity contribution >= 4 is 28.5 Å². The molecule has 168 valence electrons. The molecule has 0 spiro atoms. The van der Waals surface area contributed by atoms with E-state index >= 15 is 0 Å². The first-order chi connectivity index (χ1) is 15.5. The first kappa shape index (κ1) is 21.7. The lowest BCUT2D eigenvalue weighted by atomic mass is 10.1. The molecule has 0 radical (unpaired) electrons. The van der Waals surface area contributed by atoms with Crippen LogP contribution in [0.15, 0.2) is 48.7 Å². The third-order valence-electron chi connectivity index (χ3n) is 5.59. The molecular formula is C24H28N4O4. The molecule has 0 unspecified atom stereocenters. The molecule has 8 nitrogen and oxygen atoms in total. The largest absolute Gasteiger partial charge is 0.497 e. The number of methoxy groups -OCH3 is 1. The van der Waals surface area contributed by atoms with E-state index in [9.17, 15) is 9.59 Å². The Hall–Kier alpha value is -3.52. The molecule has 3 aromatic rings. The monoisotopic (exact) mass is 436 g/mol. The fraction of sp³-hybridized carbons (Fsp3) is 0.333. The van der Waals surface area contributed by atoms with Gasteiger partial charge >= 0.3 is 6.03 Å². The van der Waals surface area contributed by atoms with Crippen LogP contribution in [-0.4, -0.2) is 54.8 Å². The number of nitrogens with zero attached hydrogens (tertiary/aromatic N) is 2. The van der Waals surface area contributed by atoms with Gasteiger partial charge in [-0.2, -0.15) is 0 Å². The molecule has 8 heteroatoms. The number of ether oxygens (including phenoxy) is 2. The summed E-state index contributed by atoms with van der Waals surface area (Å²) in [7, 11) is 1.62. The van der Waals surface area contributed by atoms with Crippen molar-refractivity contribution in [2.45, 2.75) is 20.0 Å². The molecule has 1 saturated heterocycles. The highest BCUT2D eigenvalue weighted by Gasteiger charge is 2.19. The second-order valence-electron chi connectivity index (χ2n) is 7.83. The number of morpholine rings is 1. The van der Waals surface area contributed by atoms with Crippen LogP contribution in [0.5, 0.6) is 5.75 Å². The van der Waals surface area contributed by atoms with E-state index in [1.807, 2.05) is 65.1 Å². The van der Waals surface area contributed by atoms with Gasteiger partial charge in [0.05, 0.1) is 20.3 Å². The van der Waals surface area contributed by atoms with Crippen molar-refractivity contribution in [3.05, 3.63) is 59.8 Å². The van der Waals surface area contributed by atoms with Crippen LogP contribution in [0.3, 0.4) is 0 Å². The molecule has 4 rings (SSSR count). The number of carbonyl (C=O) groups excluding carboxylic acids is 2. The maximum atomic E-state index is 12.8. The summed E-state index contributed by atoms with van der Waals surface area (Å²) < 4.78 is 12.7. The van der Waals surface area contributed by atoms with E-state index < -0.39 is 0 Å². The predicted octanol–water partition coefficient (Wildman–Crippen LogP) is 3.14. The summed E-state index contributed by atoms with van der Waals surface area (Å²) in [6.07, 6.45) is 1.93. The van der Waals surface area contributed by atoms with E-state index in [1.54, 1.807) is 7.11 Å². The van der Waals surface area contributed by atoms with Crippen LogP contribution in [0.2, 0.25) is 0 Å². The molecule has 1 fully saturated rings. The van der Waals surface area contributed by atoms with Crippen molar-refractivity contribution < 1.29 is 19.1 Å². The first-order valence-electron chi connectivity index (χ1n) is 10.7. The second-order valence-corrected chi connectivity index (χ2v) is 7.83. The molecule has 0 bridgehead atoms. The Morgan fingerprint density at radius 3 is 2.56 bits per heavy atom. The molecule has 0 aliphatic carbocycles. The minimum Gasteiger partial charge on any atom is -0.497 e. The van der Waals surface area contributed by atoms with Gasteiger partial charge in [-0.3, -0.25) is 4.79 Å². The Bertz CT molecular complexity index is 1100. The summed E-state index contributed by atoms with van der Waals surface area (Å²) in [5.41, 5.74) is 3.69. The highest BCUT2D eigenvalue weighted by molar-refractivity contribution is 5.91. The zero-order chi connectivity index (χ0) is 22.5. The van der Waals surface area contributed by atoms with Crippen molar-refractivity contribution in [3.8, 4) is 5.75 Å². The van der Waals surface area contributed by atoms with Gasteiger partial charge in [-0.15, -0.1) is 0 Å². The number of benzene rings is 2. The molecule has 1 aliphatic heterocycles. The third-order valence-corrected chi connectivity index (χ3v) is 5.59. The second kappa shape index (κ2) is 9.74. The average molecular weight is 437 g/mol. The molecular weight excluding hydrogens is 408 g/mol. The number of carbonyl (C=O) groups is 2. The van der Waals surface area contributed by atoms with Crippen LogP contribution in [0.4, 0.5) is 10.5 Å². The number of amides is 3. The van der Waals surface area contributed by atoms with Gasteiger partial charge in [-0.1, -0.05) is 17.7 Å². The number of aromatic nitrogens is 1. The molecule has 0 saturated carbocycles. The van der Waals surface area contributed by atoms with Crippen molar-refractivity contribution in [2.24, 2.45) is 0 Å². The number of aryl methyl sites for hydroxylation is 1. The fourth-order valence-electron chi connectivity index (χ4n) is 3.79. The Labute approximate surface area is 187 Å². The number of fused-ring (bicyclic) bond motifs is 1. The minimum atomic E-state index is -0.290. The number of anilines is 1. The van der Waals surface area contributed by atoms with Gasteiger partial charge in [0.2, 0.25) is 5.91 Å². The van der Waals surface area contributed by atoms with E-state index in [4.69, 9.17) is 9.47 Å². The fourth-order valence-corrected chi connectivity index (χ4v) is 3.79. The molecule has 0 atom stereocenters. The zero-order valence-corrected chi connectivity index (χ0v) is 18.4. The molecule has 2 heterocycles. The van der Waals surface area contributed by atoms with Crippen molar-refractivity contribution in [3.63, 3.8) is 0 Å². The molecule has 2 N–H and O–H groups in total. The van der Waals surface area contributed by atoms with Crippen molar-refractivity contribution in [1.82, 2.24) is 14.8 Å². The lowest BCUT2D eigenvalue weighted by Crippen LogP contribution is -2.42. The predicted molar refractivity (Wildman–Crippen MR) is 123 cm³/mol. The number of hydrogen-bond donors (Lipinski definition) is 2. The lowest BCUT2D eigenvalue weighted by Gasteiger charge is -2.27. The average Bonchev–Trinajstić information content (AvgIpc) is 3.16. The van der Waals surface area contributed by atoms with Crippen molar-refractivity contribution in [1.29, 1.82) is 0 Å². The normalized spacial score (nSPS) is 13.8. The van der Waals surface area contributed by atoms with Gasteiger partial charge < -0.3 is 29.6 Å². The van der Waals surface area contributed by atoms with Crippen LogP contribution in [0.1, 0.15) is 11.1 Å². The number of urea groups is 1.